The summed E-state index contributed by atoms with van der Waals surface area (Å²) in [6.07, 6.45) is 0. The highest BCUT2D eigenvalue weighted by molar-refractivity contribution is 6.51. The number of phenolic OH excluding ortho intramolecular Hbond substituents is 1. The zero-order valence-corrected chi connectivity index (χ0v) is 21.3. The van der Waals surface area contributed by atoms with Crippen LogP contribution in [-0.2, 0) is 9.59 Å². The molecule has 0 bridgehead atoms. The number of aliphatic hydroxyl groups excluding tert-OH is 1. The van der Waals surface area contributed by atoms with E-state index in [1.165, 1.54) is 17.0 Å². The maximum absolute atomic E-state index is 13.3. The molecule has 7 heteroatoms. The number of Topliss-reactive ketones (excluding diaryl/α,β-unsaturated/α-hetero) is 1. The second kappa shape index (κ2) is 10.1. The zero-order valence-electron chi connectivity index (χ0n) is 20.6. The molecule has 36 heavy (non-hydrogen) atoms. The van der Waals surface area contributed by atoms with Crippen molar-refractivity contribution in [3.05, 3.63) is 93.5 Å². The summed E-state index contributed by atoms with van der Waals surface area (Å²) in [5.74, 6) is -0.995. The van der Waals surface area contributed by atoms with E-state index in [2.05, 4.69) is 0 Å². The van der Waals surface area contributed by atoms with Crippen LogP contribution < -0.4 is 9.64 Å². The van der Waals surface area contributed by atoms with Gasteiger partial charge < -0.3 is 14.9 Å². The molecule has 1 atom stereocenters. The molecule has 1 heterocycles. The Labute approximate surface area is 215 Å². The average molecular weight is 506 g/mol. The Balaban J connectivity index is 1.85. The van der Waals surface area contributed by atoms with Crippen molar-refractivity contribution >= 4 is 34.7 Å². The van der Waals surface area contributed by atoms with Gasteiger partial charge in [-0.25, -0.2) is 0 Å². The van der Waals surface area contributed by atoms with E-state index < -0.39 is 17.7 Å². The average Bonchev–Trinajstić information content (AvgIpc) is 3.11. The molecule has 0 radical (unpaired) electrons. The molecular formula is C29H28ClNO5. The number of ketones is 1. The van der Waals surface area contributed by atoms with Gasteiger partial charge in [0.25, 0.3) is 11.7 Å². The van der Waals surface area contributed by atoms with Crippen molar-refractivity contribution in [3.8, 4) is 11.5 Å². The summed E-state index contributed by atoms with van der Waals surface area (Å²) in [5, 5.41) is 21.3. The van der Waals surface area contributed by atoms with Crippen molar-refractivity contribution in [1.29, 1.82) is 0 Å². The van der Waals surface area contributed by atoms with Gasteiger partial charge in [0.05, 0.1) is 23.2 Å². The third-order valence-electron chi connectivity index (χ3n) is 6.21. The van der Waals surface area contributed by atoms with E-state index in [0.717, 1.165) is 11.1 Å². The Morgan fingerprint density at radius 1 is 1.00 bits per heavy atom. The van der Waals surface area contributed by atoms with Crippen LogP contribution in [0.5, 0.6) is 11.5 Å². The molecule has 0 aliphatic carbocycles. The summed E-state index contributed by atoms with van der Waals surface area (Å²) in [6.45, 7) is 8.52. The Morgan fingerprint density at radius 3 is 2.31 bits per heavy atom. The van der Waals surface area contributed by atoms with Crippen molar-refractivity contribution in [3.63, 3.8) is 0 Å². The topological polar surface area (TPSA) is 87.1 Å². The third kappa shape index (κ3) is 4.82. The van der Waals surface area contributed by atoms with Crippen LogP contribution in [0.2, 0.25) is 5.02 Å². The minimum absolute atomic E-state index is 0.0594. The molecule has 0 aromatic heterocycles. The second-order valence-corrected chi connectivity index (χ2v) is 9.78. The maximum atomic E-state index is 13.3. The van der Waals surface area contributed by atoms with Crippen molar-refractivity contribution in [1.82, 2.24) is 0 Å². The van der Waals surface area contributed by atoms with Gasteiger partial charge in [-0.2, -0.15) is 0 Å². The number of hydrogen-bond acceptors (Lipinski definition) is 5. The van der Waals surface area contributed by atoms with Crippen LogP contribution >= 0.6 is 11.6 Å². The third-order valence-corrected chi connectivity index (χ3v) is 6.51. The number of ether oxygens (including phenoxy) is 1. The molecule has 0 spiro atoms. The van der Waals surface area contributed by atoms with Crippen LogP contribution in [-0.4, -0.2) is 28.5 Å². The lowest BCUT2D eigenvalue weighted by Crippen LogP contribution is -2.29. The molecule has 1 fully saturated rings. The molecule has 0 saturated carbocycles. The lowest BCUT2D eigenvalue weighted by molar-refractivity contribution is -0.132. The highest BCUT2D eigenvalue weighted by Crippen LogP contribution is 2.44. The van der Waals surface area contributed by atoms with Crippen LogP contribution in [0, 0.1) is 19.8 Å². The Hall–Kier alpha value is -3.77. The summed E-state index contributed by atoms with van der Waals surface area (Å²) in [4.78, 5) is 28.0. The SMILES string of the molecule is Cc1ccc(N2C(=O)C(=O)/C(=C(/O)c3ccc(OCC(C)C)cc3)C2c2ccc(O)c(Cl)c2)cc1C. The molecule has 1 saturated heterocycles. The predicted molar refractivity (Wildman–Crippen MR) is 141 cm³/mol. The van der Waals surface area contributed by atoms with Gasteiger partial charge >= 0.3 is 0 Å². The number of aryl methyl sites for hydroxylation is 2. The number of nitrogens with zero attached hydrogens (tertiary/aromatic N) is 1. The van der Waals surface area contributed by atoms with Crippen LogP contribution in [0.1, 0.15) is 42.1 Å². The first-order valence-electron chi connectivity index (χ1n) is 11.7. The highest BCUT2D eigenvalue weighted by atomic mass is 35.5. The standard InChI is InChI=1S/C29H28ClNO5/c1-16(2)15-36-22-10-6-19(7-11-22)27(33)25-26(20-8-12-24(32)23(30)14-20)31(29(35)28(25)34)21-9-5-17(3)18(4)13-21/h5-14,16,26,32-33H,15H2,1-4H3/b27-25+. The fourth-order valence-electron chi connectivity index (χ4n) is 4.11. The molecule has 1 aliphatic heterocycles. The van der Waals surface area contributed by atoms with E-state index >= 15 is 0 Å². The summed E-state index contributed by atoms with van der Waals surface area (Å²) >= 11 is 6.19. The van der Waals surface area contributed by atoms with Crippen molar-refractivity contribution in [2.75, 3.05) is 11.5 Å². The quantitative estimate of drug-likeness (QED) is 0.232. The van der Waals surface area contributed by atoms with E-state index in [4.69, 9.17) is 16.3 Å². The Kier molecular flexibility index (Phi) is 7.09. The smallest absolute Gasteiger partial charge is 0.300 e. The fourth-order valence-corrected chi connectivity index (χ4v) is 4.30. The monoisotopic (exact) mass is 505 g/mol. The maximum Gasteiger partial charge on any atom is 0.300 e. The van der Waals surface area contributed by atoms with E-state index in [1.54, 1.807) is 36.4 Å². The van der Waals surface area contributed by atoms with Gasteiger partial charge in [-0.15, -0.1) is 0 Å². The molecule has 1 amide bonds. The Morgan fingerprint density at radius 2 is 1.69 bits per heavy atom. The van der Waals surface area contributed by atoms with E-state index in [0.29, 0.717) is 35.1 Å². The van der Waals surface area contributed by atoms with Crippen molar-refractivity contribution in [2.45, 2.75) is 33.7 Å². The number of carbonyl (C=O) groups excluding carboxylic acids is 2. The number of hydrogen-bond donors (Lipinski definition) is 2. The number of aliphatic hydroxyl groups is 1. The first-order chi connectivity index (χ1) is 17.1. The molecule has 1 aliphatic rings. The molecule has 3 aromatic carbocycles. The number of phenols is 1. The first-order valence-corrected chi connectivity index (χ1v) is 12.1. The fraction of sp³-hybridized carbons (Fsp3) is 0.241. The lowest BCUT2D eigenvalue weighted by Gasteiger charge is -2.26. The molecule has 6 nitrogen and oxygen atoms in total. The van der Waals surface area contributed by atoms with Crippen molar-refractivity contribution in [2.24, 2.45) is 5.92 Å². The molecule has 4 rings (SSSR count). The summed E-state index contributed by atoms with van der Waals surface area (Å²) in [6, 6.07) is 15.7. The van der Waals surface area contributed by atoms with Gasteiger partial charge in [0.15, 0.2) is 0 Å². The van der Waals surface area contributed by atoms with Crippen LogP contribution in [0.25, 0.3) is 5.76 Å². The number of amides is 1. The number of benzene rings is 3. The van der Waals surface area contributed by atoms with Gasteiger partial charge in [-0.05, 0) is 85.0 Å². The van der Waals surface area contributed by atoms with Gasteiger partial charge in [0.2, 0.25) is 0 Å². The van der Waals surface area contributed by atoms with Crippen LogP contribution in [0.3, 0.4) is 0 Å². The number of rotatable bonds is 6. The Bertz CT molecular complexity index is 1360. The number of anilines is 1. The minimum Gasteiger partial charge on any atom is -0.507 e. The molecule has 2 N–H and O–H groups in total. The van der Waals surface area contributed by atoms with Crippen LogP contribution in [0.15, 0.2) is 66.2 Å². The predicted octanol–water partition coefficient (Wildman–Crippen LogP) is 6.32. The second-order valence-electron chi connectivity index (χ2n) is 9.38. The number of halogens is 1. The van der Waals surface area contributed by atoms with E-state index in [-0.39, 0.29) is 22.1 Å². The number of aromatic hydroxyl groups is 1. The first kappa shape index (κ1) is 25.3. The molecule has 3 aromatic rings. The van der Waals surface area contributed by atoms with Gasteiger partial charge in [-0.1, -0.05) is 37.6 Å². The molecule has 1 unspecified atom stereocenters. The van der Waals surface area contributed by atoms with Gasteiger partial charge in [0, 0.05) is 11.3 Å². The normalized spacial score (nSPS) is 17.2. The summed E-state index contributed by atoms with van der Waals surface area (Å²) in [5.41, 5.74) is 3.31. The molecule has 186 valence electrons. The molecular weight excluding hydrogens is 478 g/mol. The van der Waals surface area contributed by atoms with Gasteiger partial charge in [0.1, 0.15) is 17.3 Å². The largest absolute Gasteiger partial charge is 0.507 e. The van der Waals surface area contributed by atoms with Crippen molar-refractivity contribution < 1.29 is 24.5 Å². The number of carbonyl (C=O) groups is 2. The van der Waals surface area contributed by atoms with Gasteiger partial charge in [-0.3, -0.25) is 14.5 Å². The van der Waals surface area contributed by atoms with E-state index in [9.17, 15) is 19.8 Å². The van der Waals surface area contributed by atoms with E-state index in [1.807, 2.05) is 39.8 Å². The lowest BCUT2D eigenvalue weighted by atomic mass is 9.95. The summed E-state index contributed by atoms with van der Waals surface area (Å²) < 4.78 is 5.71. The van der Waals surface area contributed by atoms with Crippen LogP contribution in [0.4, 0.5) is 5.69 Å². The zero-order chi connectivity index (χ0) is 26.1. The highest BCUT2D eigenvalue weighted by Gasteiger charge is 2.47. The summed E-state index contributed by atoms with van der Waals surface area (Å²) in [7, 11) is 0. The minimum atomic E-state index is -0.943.